The van der Waals surface area contributed by atoms with Crippen LogP contribution < -0.4 is 10.2 Å². The van der Waals surface area contributed by atoms with E-state index in [4.69, 9.17) is 0 Å². The lowest BCUT2D eigenvalue weighted by molar-refractivity contribution is -0.126. The van der Waals surface area contributed by atoms with Crippen molar-refractivity contribution < 1.29 is 9.59 Å². The number of carbonyl (C=O) groups excluding carboxylic acids is 2. The van der Waals surface area contributed by atoms with E-state index in [1.807, 2.05) is 46.0 Å². The standard InChI is InChI=1S/C26H32N8O2/c1-6-23(35)33-11-9-32(10-12-33)22-15-27-17-29-24(22)19-7-8-20(18(2)13-19)14-28-25(36)21-16-34(31-30-21)26(3,4)5/h6-8,13,15-17H,1,9-12,14H2,2-5H3,(H,28,36). The fourth-order valence-electron chi connectivity index (χ4n) is 4.08. The Kier molecular flexibility index (Phi) is 7.14. The molecule has 0 aliphatic carbocycles. The minimum absolute atomic E-state index is 0.0451. The van der Waals surface area contributed by atoms with Crippen molar-refractivity contribution in [2.75, 3.05) is 31.1 Å². The highest BCUT2D eigenvalue weighted by molar-refractivity contribution is 5.91. The number of aromatic nitrogens is 5. The molecule has 3 aromatic rings. The summed E-state index contributed by atoms with van der Waals surface area (Å²) in [5.41, 5.74) is 4.84. The summed E-state index contributed by atoms with van der Waals surface area (Å²) < 4.78 is 1.68. The second-order valence-electron chi connectivity index (χ2n) is 9.82. The third kappa shape index (κ3) is 5.42. The number of hydrogen-bond acceptors (Lipinski definition) is 7. The molecule has 4 rings (SSSR count). The largest absolute Gasteiger partial charge is 0.365 e. The van der Waals surface area contributed by atoms with Crippen molar-refractivity contribution in [1.82, 2.24) is 35.2 Å². The first-order valence-electron chi connectivity index (χ1n) is 11.9. The first-order valence-corrected chi connectivity index (χ1v) is 11.9. The molecule has 1 saturated heterocycles. The molecule has 1 fully saturated rings. The Labute approximate surface area is 211 Å². The smallest absolute Gasteiger partial charge is 0.273 e. The molecule has 1 aliphatic rings. The fourth-order valence-corrected chi connectivity index (χ4v) is 4.08. The first kappa shape index (κ1) is 25.0. The van der Waals surface area contributed by atoms with E-state index >= 15 is 0 Å². The zero-order valence-electron chi connectivity index (χ0n) is 21.2. The van der Waals surface area contributed by atoms with E-state index in [-0.39, 0.29) is 17.4 Å². The molecular weight excluding hydrogens is 456 g/mol. The number of hydrogen-bond donors (Lipinski definition) is 1. The van der Waals surface area contributed by atoms with Gasteiger partial charge in [0.15, 0.2) is 5.69 Å². The molecular formula is C26H32N8O2. The third-order valence-corrected chi connectivity index (χ3v) is 6.27. The minimum atomic E-state index is -0.263. The van der Waals surface area contributed by atoms with Gasteiger partial charge in [-0.2, -0.15) is 0 Å². The summed E-state index contributed by atoms with van der Waals surface area (Å²) in [7, 11) is 0. The van der Waals surface area contributed by atoms with E-state index in [2.05, 4.69) is 43.1 Å². The van der Waals surface area contributed by atoms with Crippen molar-refractivity contribution in [1.29, 1.82) is 0 Å². The van der Waals surface area contributed by atoms with Crippen LogP contribution in [0.1, 0.15) is 42.4 Å². The Bertz CT molecular complexity index is 1270. The molecule has 0 bridgehead atoms. The Balaban J connectivity index is 1.45. The molecule has 3 heterocycles. The van der Waals surface area contributed by atoms with E-state index in [0.717, 1.165) is 28.1 Å². The van der Waals surface area contributed by atoms with Crippen LogP contribution in [0.15, 0.2) is 49.6 Å². The molecule has 10 heteroatoms. The molecule has 1 aromatic carbocycles. The van der Waals surface area contributed by atoms with Crippen molar-refractivity contribution in [3.05, 3.63) is 66.4 Å². The maximum atomic E-state index is 12.6. The number of carbonyl (C=O) groups is 2. The SMILES string of the molecule is C=CC(=O)N1CCN(c2cncnc2-c2ccc(CNC(=O)c3cn(C(C)(C)C)nn3)c(C)c2)CC1. The predicted molar refractivity (Wildman–Crippen MR) is 137 cm³/mol. The van der Waals surface area contributed by atoms with Crippen molar-refractivity contribution in [2.24, 2.45) is 0 Å². The molecule has 0 saturated carbocycles. The molecule has 0 radical (unpaired) electrons. The van der Waals surface area contributed by atoms with Crippen LogP contribution in [0.25, 0.3) is 11.3 Å². The molecule has 1 N–H and O–H groups in total. The van der Waals surface area contributed by atoms with Gasteiger partial charge in [-0.15, -0.1) is 5.10 Å². The van der Waals surface area contributed by atoms with Gasteiger partial charge in [0, 0.05) is 38.3 Å². The molecule has 188 valence electrons. The number of benzene rings is 1. The quantitative estimate of drug-likeness (QED) is 0.531. The highest BCUT2D eigenvalue weighted by atomic mass is 16.2. The van der Waals surface area contributed by atoms with Crippen LogP contribution in [0.4, 0.5) is 5.69 Å². The van der Waals surface area contributed by atoms with Gasteiger partial charge in [0.1, 0.15) is 6.33 Å². The zero-order chi connectivity index (χ0) is 25.9. The van der Waals surface area contributed by atoms with Crippen LogP contribution in [-0.4, -0.2) is 67.9 Å². The van der Waals surface area contributed by atoms with Crippen molar-refractivity contribution in [2.45, 2.75) is 39.8 Å². The molecule has 36 heavy (non-hydrogen) atoms. The average Bonchev–Trinajstić information content (AvgIpc) is 3.39. The van der Waals surface area contributed by atoms with Gasteiger partial charge in [-0.25, -0.2) is 14.6 Å². The Morgan fingerprint density at radius 2 is 1.92 bits per heavy atom. The number of aryl methyl sites for hydroxylation is 1. The second-order valence-corrected chi connectivity index (χ2v) is 9.82. The van der Waals surface area contributed by atoms with Gasteiger partial charge in [0.2, 0.25) is 5.91 Å². The van der Waals surface area contributed by atoms with Gasteiger partial charge < -0.3 is 15.1 Å². The highest BCUT2D eigenvalue weighted by Crippen LogP contribution is 2.30. The van der Waals surface area contributed by atoms with Crippen molar-refractivity contribution >= 4 is 17.5 Å². The van der Waals surface area contributed by atoms with Crippen LogP contribution in [-0.2, 0) is 16.9 Å². The predicted octanol–water partition coefficient (Wildman–Crippen LogP) is 2.56. The van der Waals surface area contributed by atoms with Gasteiger partial charge in [-0.3, -0.25) is 9.59 Å². The molecule has 0 spiro atoms. The monoisotopic (exact) mass is 488 g/mol. The first-order chi connectivity index (χ1) is 17.2. The Morgan fingerprint density at radius 3 is 2.56 bits per heavy atom. The second kappa shape index (κ2) is 10.3. The van der Waals surface area contributed by atoms with E-state index in [1.54, 1.807) is 22.1 Å². The lowest BCUT2D eigenvalue weighted by Gasteiger charge is -2.36. The molecule has 0 unspecified atom stereocenters. The Hall–Kier alpha value is -4.08. The topological polar surface area (TPSA) is 109 Å². The maximum absolute atomic E-state index is 12.6. The molecule has 10 nitrogen and oxygen atoms in total. The lowest BCUT2D eigenvalue weighted by atomic mass is 10.0. The number of nitrogens with zero attached hydrogens (tertiary/aromatic N) is 7. The lowest BCUT2D eigenvalue weighted by Crippen LogP contribution is -2.48. The summed E-state index contributed by atoms with van der Waals surface area (Å²) in [5, 5.41) is 11.0. The number of nitrogens with one attached hydrogen (secondary N) is 1. The number of piperazine rings is 1. The summed E-state index contributed by atoms with van der Waals surface area (Å²) in [4.78, 5) is 37.3. The van der Waals surface area contributed by atoms with Crippen LogP contribution in [0.2, 0.25) is 0 Å². The number of anilines is 1. The van der Waals surface area contributed by atoms with Gasteiger partial charge >= 0.3 is 0 Å². The van der Waals surface area contributed by atoms with Gasteiger partial charge in [0.25, 0.3) is 5.91 Å². The van der Waals surface area contributed by atoms with E-state index in [9.17, 15) is 9.59 Å². The minimum Gasteiger partial charge on any atom is -0.365 e. The molecule has 2 aromatic heterocycles. The Morgan fingerprint density at radius 1 is 1.17 bits per heavy atom. The number of rotatable bonds is 6. The van der Waals surface area contributed by atoms with Crippen LogP contribution in [0.5, 0.6) is 0 Å². The summed E-state index contributed by atoms with van der Waals surface area (Å²) >= 11 is 0. The summed E-state index contributed by atoms with van der Waals surface area (Å²) in [5.74, 6) is -0.308. The molecule has 2 amide bonds. The molecule has 0 atom stereocenters. The molecule has 1 aliphatic heterocycles. The summed E-state index contributed by atoms with van der Waals surface area (Å²) in [6, 6.07) is 6.08. The summed E-state index contributed by atoms with van der Waals surface area (Å²) in [6.07, 6.45) is 6.38. The van der Waals surface area contributed by atoms with E-state index in [0.29, 0.717) is 38.4 Å². The average molecular weight is 489 g/mol. The van der Waals surface area contributed by atoms with Crippen LogP contribution >= 0.6 is 0 Å². The normalized spacial score (nSPS) is 14.0. The highest BCUT2D eigenvalue weighted by Gasteiger charge is 2.23. The summed E-state index contributed by atoms with van der Waals surface area (Å²) in [6.45, 7) is 14.6. The van der Waals surface area contributed by atoms with Crippen LogP contribution in [0.3, 0.4) is 0 Å². The maximum Gasteiger partial charge on any atom is 0.273 e. The van der Waals surface area contributed by atoms with Gasteiger partial charge in [-0.05, 0) is 51.0 Å². The number of amides is 2. The van der Waals surface area contributed by atoms with E-state index in [1.165, 1.54) is 6.08 Å². The van der Waals surface area contributed by atoms with E-state index < -0.39 is 0 Å². The van der Waals surface area contributed by atoms with Gasteiger partial charge in [0.05, 0.1) is 29.3 Å². The van der Waals surface area contributed by atoms with Crippen molar-refractivity contribution in [3.8, 4) is 11.3 Å². The fraction of sp³-hybridized carbons (Fsp3) is 0.385. The van der Waals surface area contributed by atoms with Crippen LogP contribution in [0, 0.1) is 6.92 Å². The third-order valence-electron chi connectivity index (χ3n) is 6.27. The van der Waals surface area contributed by atoms with Crippen molar-refractivity contribution in [3.63, 3.8) is 0 Å². The zero-order valence-corrected chi connectivity index (χ0v) is 21.2. The van der Waals surface area contributed by atoms with Gasteiger partial charge in [-0.1, -0.05) is 23.9 Å².